The number of aryl methyl sites for hydroxylation is 1. The molecule has 0 bridgehead atoms. The molecule has 6 heteroatoms. The summed E-state index contributed by atoms with van der Waals surface area (Å²) in [5.41, 5.74) is 2.08. The van der Waals surface area contributed by atoms with Crippen molar-refractivity contribution in [1.29, 1.82) is 0 Å². The minimum Gasteiger partial charge on any atom is -0.497 e. The number of benzene rings is 2. The lowest BCUT2D eigenvalue weighted by Crippen LogP contribution is -3.11. The Hall–Kier alpha value is -2.60. The Bertz CT molecular complexity index is 825. The molecule has 1 aliphatic rings. The van der Waals surface area contributed by atoms with E-state index in [2.05, 4.69) is 5.32 Å². The van der Waals surface area contributed by atoms with Crippen LogP contribution in [0.15, 0.2) is 36.4 Å². The molecule has 2 N–H and O–H groups in total. The molecule has 1 aliphatic heterocycles. The third-order valence-corrected chi connectivity index (χ3v) is 5.08. The van der Waals surface area contributed by atoms with Gasteiger partial charge in [0.1, 0.15) is 23.4 Å². The van der Waals surface area contributed by atoms with Crippen LogP contribution in [0.4, 0.5) is 10.1 Å². The van der Waals surface area contributed by atoms with E-state index in [1.165, 1.54) is 6.07 Å². The number of hydrogen-bond acceptors (Lipinski definition) is 3. The summed E-state index contributed by atoms with van der Waals surface area (Å²) in [6.45, 7) is 2.97. The van der Waals surface area contributed by atoms with Gasteiger partial charge in [0.15, 0.2) is 6.54 Å². The lowest BCUT2D eigenvalue weighted by atomic mass is 10.0. The number of ether oxygens (including phenoxy) is 2. The van der Waals surface area contributed by atoms with Crippen LogP contribution in [0.3, 0.4) is 0 Å². The Morgan fingerprint density at radius 1 is 1.22 bits per heavy atom. The lowest BCUT2D eigenvalue weighted by Gasteiger charge is -2.23. The van der Waals surface area contributed by atoms with Crippen molar-refractivity contribution in [2.24, 2.45) is 0 Å². The average molecular weight is 373 g/mol. The first-order chi connectivity index (χ1) is 13.0. The molecule has 1 saturated heterocycles. The highest BCUT2D eigenvalue weighted by Gasteiger charge is 2.34. The van der Waals surface area contributed by atoms with Crippen LogP contribution in [0.2, 0.25) is 0 Å². The number of nitrogens with one attached hydrogen (secondary N) is 2. The Balaban J connectivity index is 1.74. The highest BCUT2D eigenvalue weighted by atomic mass is 19.1. The molecule has 1 fully saturated rings. The zero-order valence-corrected chi connectivity index (χ0v) is 16.0. The van der Waals surface area contributed by atoms with E-state index in [9.17, 15) is 9.18 Å². The van der Waals surface area contributed by atoms with Crippen LogP contribution in [0.5, 0.6) is 11.5 Å². The van der Waals surface area contributed by atoms with Gasteiger partial charge in [-0.2, -0.15) is 0 Å². The highest BCUT2D eigenvalue weighted by molar-refractivity contribution is 5.91. The number of anilines is 1. The van der Waals surface area contributed by atoms with Crippen molar-refractivity contribution in [3.8, 4) is 11.5 Å². The molecule has 2 atom stereocenters. The van der Waals surface area contributed by atoms with Crippen LogP contribution >= 0.6 is 0 Å². The van der Waals surface area contributed by atoms with Gasteiger partial charge in [-0.25, -0.2) is 4.39 Å². The maximum absolute atomic E-state index is 14.0. The van der Waals surface area contributed by atoms with E-state index in [1.54, 1.807) is 26.4 Å². The molecular formula is C21H26FN2O3+. The molecule has 0 radical (unpaired) electrons. The van der Waals surface area contributed by atoms with E-state index in [4.69, 9.17) is 9.47 Å². The molecule has 0 aliphatic carbocycles. The van der Waals surface area contributed by atoms with Crippen LogP contribution in [0.1, 0.15) is 30.0 Å². The fraction of sp³-hybridized carbons (Fsp3) is 0.381. The van der Waals surface area contributed by atoms with Crippen molar-refractivity contribution >= 4 is 11.6 Å². The third-order valence-electron chi connectivity index (χ3n) is 5.08. The standard InChI is InChI=1S/C21H25FN2O3/c1-14-6-8-18(17(22)11-14)23-21(25)13-24-10-4-5-19(24)16-12-15(26-2)7-9-20(16)27-3/h6-9,11-12,19H,4-5,10,13H2,1-3H3,(H,23,25)/p+1/t19-/m1/s1. The van der Waals surface area contributed by atoms with Gasteiger partial charge in [-0.15, -0.1) is 0 Å². The maximum atomic E-state index is 14.0. The predicted octanol–water partition coefficient (Wildman–Crippen LogP) is 2.51. The van der Waals surface area contributed by atoms with Crippen LogP contribution in [0.25, 0.3) is 0 Å². The summed E-state index contributed by atoms with van der Waals surface area (Å²) in [5, 5.41) is 2.70. The molecule has 27 heavy (non-hydrogen) atoms. The SMILES string of the molecule is COc1ccc(OC)c([C@H]2CCC[NH+]2CC(=O)Nc2ccc(C)cc2F)c1. The van der Waals surface area contributed by atoms with Gasteiger partial charge in [0.25, 0.3) is 5.91 Å². The van der Waals surface area contributed by atoms with Gasteiger partial charge in [-0.1, -0.05) is 6.07 Å². The molecule has 1 amide bonds. The number of amides is 1. The normalized spacial score (nSPS) is 19.0. The minimum atomic E-state index is -0.411. The van der Waals surface area contributed by atoms with Crippen molar-refractivity contribution in [1.82, 2.24) is 0 Å². The quantitative estimate of drug-likeness (QED) is 0.818. The second-order valence-corrected chi connectivity index (χ2v) is 6.92. The van der Waals surface area contributed by atoms with Gasteiger partial charge < -0.3 is 19.7 Å². The molecule has 1 unspecified atom stereocenters. The minimum absolute atomic E-state index is 0.142. The van der Waals surface area contributed by atoms with E-state index in [-0.39, 0.29) is 24.2 Å². The number of rotatable bonds is 6. The second kappa shape index (κ2) is 8.39. The number of carbonyl (C=O) groups excluding carboxylic acids is 1. The van der Waals surface area contributed by atoms with Crippen molar-refractivity contribution in [3.63, 3.8) is 0 Å². The first kappa shape index (κ1) is 19.2. The van der Waals surface area contributed by atoms with Crippen molar-refractivity contribution in [2.75, 3.05) is 32.6 Å². The van der Waals surface area contributed by atoms with Crippen LogP contribution in [-0.4, -0.2) is 33.2 Å². The van der Waals surface area contributed by atoms with E-state index < -0.39 is 5.82 Å². The van der Waals surface area contributed by atoms with Crippen molar-refractivity contribution < 1.29 is 23.6 Å². The number of carbonyl (C=O) groups is 1. The summed E-state index contributed by atoms with van der Waals surface area (Å²) < 4.78 is 24.9. The summed E-state index contributed by atoms with van der Waals surface area (Å²) >= 11 is 0. The number of likely N-dealkylation sites (tertiary alicyclic amines) is 1. The molecule has 144 valence electrons. The molecule has 3 rings (SSSR count). The third kappa shape index (κ3) is 4.39. The molecule has 2 aromatic rings. The smallest absolute Gasteiger partial charge is 0.279 e. The molecule has 1 heterocycles. The zero-order chi connectivity index (χ0) is 19.4. The van der Waals surface area contributed by atoms with Crippen molar-refractivity contribution in [2.45, 2.75) is 25.8 Å². The van der Waals surface area contributed by atoms with E-state index in [0.717, 1.165) is 46.9 Å². The monoisotopic (exact) mass is 373 g/mol. The second-order valence-electron chi connectivity index (χ2n) is 6.92. The van der Waals surface area contributed by atoms with Gasteiger partial charge in [0.05, 0.1) is 32.0 Å². The van der Waals surface area contributed by atoms with Crippen LogP contribution in [-0.2, 0) is 4.79 Å². The van der Waals surface area contributed by atoms with Crippen molar-refractivity contribution in [3.05, 3.63) is 53.3 Å². The molecule has 0 saturated carbocycles. The van der Waals surface area contributed by atoms with E-state index in [1.807, 2.05) is 25.1 Å². The predicted molar refractivity (Wildman–Crippen MR) is 102 cm³/mol. The average Bonchev–Trinajstić information content (AvgIpc) is 3.11. The lowest BCUT2D eigenvalue weighted by molar-refractivity contribution is -0.910. The van der Waals surface area contributed by atoms with Crippen LogP contribution in [0, 0.1) is 12.7 Å². The number of quaternary nitrogens is 1. The molecule has 2 aromatic carbocycles. The first-order valence-electron chi connectivity index (χ1n) is 9.14. The number of hydrogen-bond donors (Lipinski definition) is 2. The van der Waals surface area contributed by atoms with Gasteiger partial charge in [-0.05, 0) is 42.8 Å². The molecule has 5 nitrogen and oxygen atoms in total. The summed E-state index contributed by atoms with van der Waals surface area (Å²) in [6.07, 6.45) is 1.98. The number of methoxy groups -OCH3 is 2. The Labute approximate surface area is 159 Å². The van der Waals surface area contributed by atoms with E-state index in [0.29, 0.717) is 0 Å². The fourth-order valence-electron chi connectivity index (χ4n) is 3.73. The largest absolute Gasteiger partial charge is 0.497 e. The Morgan fingerprint density at radius 2 is 2.04 bits per heavy atom. The maximum Gasteiger partial charge on any atom is 0.279 e. The molecule has 0 spiro atoms. The zero-order valence-electron chi connectivity index (χ0n) is 16.0. The highest BCUT2D eigenvalue weighted by Crippen LogP contribution is 2.31. The van der Waals surface area contributed by atoms with Gasteiger partial charge in [0.2, 0.25) is 0 Å². The molecule has 0 aromatic heterocycles. The summed E-state index contributed by atoms with van der Waals surface area (Å²) in [6, 6.07) is 10.7. The summed E-state index contributed by atoms with van der Waals surface area (Å²) in [7, 11) is 3.28. The van der Waals surface area contributed by atoms with Gasteiger partial charge >= 0.3 is 0 Å². The van der Waals surface area contributed by atoms with Crippen LogP contribution < -0.4 is 19.7 Å². The summed E-state index contributed by atoms with van der Waals surface area (Å²) in [5.74, 6) is 0.959. The first-order valence-corrected chi connectivity index (χ1v) is 9.14. The van der Waals surface area contributed by atoms with E-state index >= 15 is 0 Å². The molecular weight excluding hydrogens is 347 g/mol. The van der Waals surface area contributed by atoms with Gasteiger partial charge in [0, 0.05) is 12.8 Å². The topological polar surface area (TPSA) is 52.0 Å². The number of halogens is 1. The Kier molecular flexibility index (Phi) is 5.96. The fourth-order valence-corrected chi connectivity index (χ4v) is 3.73. The Morgan fingerprint density at radius 3 is 2.74 bits per heavy atom. The van der Waals surface area contributed by atoms with Gasteiger partial charge in [-0.3, -0.25) is 4.79 Å². The summed E-state index contributed by atoms with van der Waals surface area (Å²) in [4.78, 5) is 13.7.